The molecule has 3 aromatic carbocycles. The van der Waals surface area contributed by atoms with Crippen molar-refractivity contribution < 1.29 is 26.8 Å². The van der Waals surface area contributed by atoms with Crippen LogP contribution in [0.5, 0.6) is 0 Å². The Morgan fingerprint density at radius 1 is 1.05 bits per heavy atom. The fourth-order valence-electron chi connectivity index (χ4n) is 5.00. The maximum atomic E-state index is 14.2. The number of hydrogen-bond acceptors (Lipinski definition) is 5. The number of carbonyl (C=O) groups excluding carboxylic acids is 1. The summed E-state index contributed by atoms with van der Waals surface area (Å²) in [5.41, 5.74) is 1.05. The van der Waals surface area contributed by atoms with Gasteiger partial charge in [-0.25, -0.2) is 4.39 Å². The molecule has 0 unspecified atom stereocenters. The quantitative estimate of drug-likeness (QED) is 0.227. The molecule has 1 amide bonds. The number of halogens is 6. The standard InChI is InChI=1S/C28H22Cl2F4N4O2/c1-37(12-16-2-8-21(24(31)10-16)28(32,33)34)25-14-38(13-20(25)19-7-9-22(29)23(30)11-19)27(39)18-5-3-17(4-6-18)26-36-35-15-40-26/h2-11,15,20,25H,12-14H2,1H3/t20-,25-/m1/s1. The summed E-state index contributed by atoms with van der Waals surface area (Å²) in [6.07, 6.45) is -3.55. The van der Waals surface area contributed by atoms with Gasteiger partial charge in [0.05, 0.1) is 15.6 Å². The summed E-state index contributed by atoms with van der Waals surface area (Å²) in [6, 6.07) is 14.7. The van der Waals surface area contributed by atoms with E-state index in [1.165, 1.54) is 12.5 Å². The molecule has 0 bridgehead atoms. The Morgan fingerprint density at radius 3 is 2.42 bits per heavy atom. The minimum atomic E-state index is -4.77. The third-order valence-electron chi connectivity index (χ3n) is 7.02. The first kappa shape index (κ1) is 28.1. The van der Waals surface area contributed by atoms with Gasteiger partial charge in [-0.3, -0.25) is 9.69 Å². The Hall–Kier alpha value is -3.47. The first-order chi connectivity index (χ1) is 19.0. The largest absolute Gasteiger partial charge is 0.423 e. The summed E-state index contributed by atoms with van der Waals surface area (Å²) in [5, 5.41) is 8.28. The Morgan fingerprint density at radius 2 is 1.80 bits per heavy atom. The van der Waals surface area contributed by atoms with E-state index >= 15 is 0 Å². The first-order valence-electron chi connectivity index (χ1n) is 12.2. The van der Waals surface area contributed by atoms with Crippen LogP contribution in [0.15, 0.2) is 71.5 Å². The highest BCUT2D eigenvalue weighted by molar-refractivity contribution is 6.42. The van der Waals surface area contributed by atoms with Crippen LogP contribution in [0.4, 0.5) is 17.6 Å². The Kier molecular flexibility index (Phi) is 7.85. The van der Waals surface area contributed by atoms with Crippen LogP contribution in [0.2, 0.25) is 10.0 Å². The van der Waals surface area contributed by atoms with Gasteiger partial charge in [0.25, 0.3) is 5.91 Å². The molecule has 0 N–H and O–H groups in total. The van der Waals surface area contributed by atoms with Crippen LogP contribution < -0.4 is 0 Å². The predicted molar refractivity (Wildman–Crippen MR) is 141 cm³/mol. The Labute approximate surface area is 237 Å². The van der Waals surface area contributed by atoms with E-state index < -0.39 is 17.6 Å². The van der Waals surface area contributed by atoms with E-state index in [9.17, 15) is 22.4 Å². The summed E-state index contributed by atoms with van der Waals surface area (Å²) in [7, 11) is 1.79. The van der Waals surface area contributed by atoms with Crippen molar-refractivity contribution in [3.8, 4) is 11.5 Å². The van der Waals surface area contributed by atoms with Crippen LogP contribution in [-0.4, -0.2) is 52.1 Å². The zero-order valence-corrected chi connectivity index (χ0v) is 22.5. The van der Waals surface area contributed by atoms with Gasteiger partial charge in [0, 0.05) is 42.7 Å². The van der Waals surface area contributed by atoms with E-state index in [0.29, 0.717) is 45.7 Å². The number of benzene rings is 3. The molecule has 0 spiro atoms. The second-order valence-electron chi connectivity index (χ2n) is 9.61. The number of aromatic nitrogens is 2. The number of hydrogen-bond donors (Lipinski definition) is 0. The van der Waals surface area contributed by atoms with Crippen molar-refractivity contribution in [3.63, 3.8) is 0 Å². The molecule has 1 aliphatic heterocycles. The molecule has 0 saturated carbocycles. The molecule has 40 heavy (non-hydrogen) atoms. The van der Waals surface area contributed by atoms with E-state index in [0.717, 1.165) is 17.7 Å². The molecular formula is C28H22Cl2F4N4O2. The fourth-order valence-corrected chi connectivity index (χ4v) is 5.31. The third kappa shape index (κ3) is 5.84. The van der Waals surface area contributed by atoms with E-state index in [2.05, 4.69) is 10.2 Å². The lowest BCUT2D eigenvalue weighted by molar-refractivity contribution is -0.140. The highest BCUT2D eigenvalue weighted by Crippen LogP contribution is 2.36. The van der Waals surface area contributed by atoms with Crippen LogP contribution in [0, 0.1) is 5.82 Å². The minimum absolute atomic E-state index is 0.165. The van der Waals surface area contributed by atoms with E-state index in [4.69, 9.17) is 27.6 Å². The highest BCUT2D eigenvalue weighted by atomic mass is 35.5. The molecular weight excluding hydrogens is 571 g/mol. The Bertz CT molecular complexity index is 1510. The number of likely N-dealkylation sites (N-methyl/N-ethyl adjacent to an activating group) is 1. The average molecular weight is 593 g/mol. The SMILES string of the molecule is CN(Cc1ccc(C(F)(F)F)c(F)c1)[C@@H]1CN(C(=O)c2ccc(-c3nnco3)cc2)C[C@@H]1c1ccc(Cl)c(Cl)c1. The minimum Gasteiger partial charge on any atom is -0.423 e. The smallest absolute Gasteiger partial charge is 0.419 e. The van der Waals surface area contributed by atoms with Gasteiger partial charge in [0.2, 0.25) is 12.3 Å². The van der Waals surface area contributed by atoms with Crippen molar-refractivity contribution in [2.24, 2.45) is 0 Å². The molecule has 12 heteroatoms. The molecule has 1 aromatic heterocycles. The lowest BCUT2D eigenvalue weighted by Gasteiger charge is -2.29. The highest BCUT2D eigenvalue weighted by Gasteiger charge is 2.39. The van der Waals surface area contributed by atoms with Gasteiger partial charge in [0.15, 0.2) is 0 Å². The van der Waals surface area contributed by atoms with Crippen molar-refractivity contribution in [2.75, 3.05) is 20.1 Å². The number of carbonyl (C=O) groups is 1. The predicted octanol–water partition coefficient (Wildman–Crippen LogP) is 6.94. The molecule has 1 aliphatic rings. The molecule has 208 valence electrons. The summed E-state index contributed by atoms with van der Waals surface area (Å²) < 4.78 is 58.5. The fraction of sp³-hybridized carbons (Fsp3) is 0.250. The zero-order chi connectivity index (χ0) is 28.6. The molecule has 4 aromatic rings. The molecule has 1 fully saturated rings. The van der Waals surface area contributed by atoms with Gasteiger partial charge >= 0.3 is 6.18 Å². The number of likely N-dealkylation sites (tertiary alicyclic amines) is 1. The average Bonchev–Trinajstić information content (AvgIpc) is 3.60. The molecule has 0 radical (unpaired) electrons. The second kappa shape index (κ2) is 11.2. The van der Waals surface area contributed by atoms with Crippen molar-refractivity contribution >= 4 is 29.1 Å². The van der Waals surface area contributed by atoms with E-state index in [-0.39, 0.29) is 24.4 Å². The molecule has 5 rings (SSSR count). The molecule has 2 atom stereocenters. The summed E-state index contributed by atoms with van der Waals surface area (Å²) in [4.78, 5) is 17.1. The lowest BCUT2D eigenvalue weighted by Crippen LogP contribution is -2.38. The van der Waals surface area contributed by atoms with Crippen LogP contribution in [0.25, 0.3) is 11.5 Å². The third-order valence-corrected chi connectivity index (χ3v) is 7.76. The maximum absolute atomic E-state index is 14.2. The first-order valence-corrected chi connectivity index (χ1v) is 12.9. The number of alkyl halides is 3. The van der Waals surface area contributed by atoms with Crippen LogP contribution >= 0.6 is 23.2 Å². The van der Waals surface area contributed by atoms with Gasteiger partial charge in [0.1, 0.15) is 5.82 Å². The van der Waals surface area contributed by atoms with Crippen molar-refractivity contribution in [1.82, 2.24) is 20.0 Å². The number of amides is 1. The van der Waals surface area contributed by atoms with Crippen LogP contribution in [0.3, 0.4) is 0 Å². The second-order valence-corrected chi connectivity index (χ2v) is 10.4. The van der Waals surface area contributed by atoms with Crippen molar-refractivity contribution in [2.45, 2.75) is 24.7 Å². The monoisotopic (exact) mass is 592 g/mol. The van der Waals surface area contributed by atoms with E-state index in [1.807, 2.05) is 11.0 Å². The molecule has 2 heterocycles. The summed E-state index contributed by atoms with van der Waals surface area (Å²) in [5.74, 6) is -1.38. The topological polar surface area (TPSA) is 62.5 Å². The summed E-state index contributed by atoms with van der Waals surface area (Å²) >= 11 is 12.4. The van der Waals surface area contributed by atoms with Gasteiger partial charge in [-0.2, -0.15) is 13.2 Å². The van der Waals surface area contributed by atoms with Gasteiger partial charge in [-0.15, -0.1) is 10.2 Å². The van der Waals surface area contributed by atoms with Gasteiger partial charge < -0.3 is 9.32 Å². The van der Waals surface area contributed by atoms with Gasteiger partial charge in [-0.1, -0.05) is 35.3 Å². The van der Waals surface area contributed by atoms with Crippen LogP contribution in [-0.2, 0) is 12.7 Å². The maximum Gasteiger partial charge on any atom is 0.419 e. The number of nitrogens with zero attached hydrogens (tertiary/aromatic N) is 4. The van der Waals surface area contributed by atoms with Crippen molar-refractivity contribution in [1.29, 1.82) is 0 Å². The van der Waals surface area contributed by atoms with Crippen molar-refractivity contribution in [3.05, 3.63) is 105 Å². The lowest BCUT2D eigenvalue weighted by atomic mass is 9.93. The van der Waals surface area contributed by atoms with Gasteiger partial charge in [-0.05, 0) is 66.7 Å². The van der Waals surface area contributed by atoms with E-state index in [1.54, 1.807) is 48.3 Å². The van der Waals surface area contributed by atoms with Crippen LogP contribution in [0.1, 0.15) is 33.0 Å². The summed E-state index contributed by atoms with van der Waals surface area (Å²) in [6.45, 7) is 0.853. The molecule has 6 nitrogen and oxygen atoms in total. The molecule has 0 aliphatic carbocycles. The number of rotatable bonds is 6. The normalized spacial score (nSPS) is 17.6. The Balaban J connectivity index is 1.39. The molecule has 1 saturated heterocycles. The zero-order valence-electron chi connectivity index (χ0n) is 21.0.